The number of hydrogen-bond acceptors (Lipinski definition) is 6. The average Bonchev–Trinajstić information content (AvgIpc) is 3.40. The van der Waals surface area contributed by atoms with Crippen molar-refractivity contribution in [1.82, 2.24) is 15.2 Å². The second-order valence-corrected chi connectivity index (χ2v) is 8.08. The van der Waals surface area contributed by atoms with Gasteiger partial charge in [0.05, 0.1) is 10.7 Å². The molecule has 1 N–H and O–H groups in total. The van der Waals surface area contributed by atoms with Gasteiger partial charge in [0, 0.05) is 16.6 Å². The summed E-state index contributed by atoms with van der Waals surface area (Å²) in [5.74, 6) is -0.818. The van der Waals surface area contributed by atoms with E-state index in [0.717, 1.165) is 27.6 Å². The van der Waals surface area contributed by atoms with Crippen LogP contribution < -0.4 is 5.32 Å². The summed E-state index contributed by atoms with van der Waals surface area (Å²) in [5.41, 5.74) is 2.35. The maximum absolute atomic E-state index is 13.0. The van der Waals surface area contributed by atoms with Crippen LogP contribution in [0, 0.1) is 5.82 Å². The first-order chi connectivity index (χ1) is 14.1. The highest BCUT2D eigenvalue weighted by molar-refractivity contribution is 7.15. The molecule has 29 heavy (non-hydrogen) atoms. The van der Waals surface area contributed by atoms with E-state index in [9.17, 15) is 9.18 Å². The number of nitrogens with zero attached hydrogens (tertiary/aromatic N) is 3. The predicted molar refractivity (Wildman–Crippen MR) is 116 cm³/mol. The minimum Gasteiger partial charge on any atom is -0.320 e. The summed E-state index contributed by atoms with van der Waals surface area (Å²) >= 11 is 8.87. The van der Waals surface area contributed by atoms with E-state index in [-0.39, 0.29) is 10.8 Å². The summed E-state index contributed by atoms with van der Waals surface area (Å²) < 4.78 is 13.0. The number of anilines is 1. The Hall–Kier alpha value is -2.94. The first-order valence-corrected chi connectivity index (χ1v) is 10.4. The van der Waals surface area contributed by atoms with E-state index in [4.69, 9.17) is 11.6 Å². The molecule has 0 fully saturated rings. The number of nitrogens with one attached hydrogen (secondary N) is 1. The van der Waals surface area contributed by atoms with Gasteiger partial charge in [-0.3, -0.25) is 4.79 Å². The highest BCUT2D eigenvalue weighted by Gasteiger charge is 2.15. The molecule has 2 aromatic carbocycles. The fourth-order valence-corrected chi connectivity index (χ4v) is 4.12. The largest absolute Gasteiger partial charge is 0.320 e. The van der Waals surface area contributed by atoms with E-state index in [1.165, 1.54) is 35.6 Å². The minimum absolute atomic E-state index is 0.153. The fourth-order valence-electron chi connectivity index (χ4n) is 2.39. The lowest BCUT2D eigenvalue weighted by Crippen LogP contribution is -2.11. The summed E-state index contributed by atoms with van der Waals surface area (Å²) in [7, 11) is 0. The summed E-state index contributed by atoms with van der Waals surface area (Å²) in [4.78, 5) is 16.8. The molecule has 0 saturated heterocycles. The lowest BCUT2D eigenvalue weighted by atomic mass is 10.2. The summed E-state index contributed by atoms with van der Waals surface area (Å²) in [6.45, 7) is 0. The van der Waals surface area contributed by atoms with Gasteiger partial charge in [-0.05, 0) is 30.3 Å². The molecule has 0 radical (unpaired) electrons. The third-order valence-electron chi connectivity index (χ3n) is 3.77. The van der Waals surface area contributed by atoms with Crippen molar-refractivity contribution < 1.29 is 9.18 Å². The van der Waals surface area contributed by atoms with E-state index >= 15 is 0 Å². The number of carbonyl (C=O) groups is 1. The number of aromatic nitrogens is 3. The second kappa shape index (κ2) is 8.60. The number of hydrogen-bond donors (Lipinski definition) is 1. The molecule has 144 valence electrons. The van der Waals surface area contributed by atoms with Crippen LogP contribution in [0.15, 0.2) is 60.0 Å². The molecular formula is C20H12ClFN4OS2. The molecule has 0 unspecified atom stereocenters. The molecule has 2 heterocycles. The van der Waals surface area contributed by atoms with Crippen LogP contribution in [0.3, 0.4) is 0 Å². The van der Waals surface area contributed by atoms with Gasteiger partial charge in [-0.15, -0.1) is 21.5 Å². The molecule has 0 aliphatic rings. The predicted octanol–water partition coefficient (Wildman–Crippen LogP) is 5.79. The van der Waals surface area contributed by atoms with Crippen molar-refractivity contribution >= 4 is 57.0 Å². The van der Waals surface area contributed by atoms with Gasteiger partial charge in [0.15, 0.2) is 5.01 Å². The normalized spacial score (nSPS) is 11.4. The zero-order valence-corrected chi connectivity index (χ0v) is 17.1. The van der Waals surface area contributed by atoms with Gasteiger partial charge in [-0.1, -0.05) is 53.3 Å². The van der Waals surface area contributed by atoms with E-state index in [0.29, 0.717) is 15.7 Å². The van der Waals surface area contributed by atoms with Crippen LogP contribution in [0.4, 0.5) is 10.1 Å². The molecule has 9 heteroatoms. The lowest BCUT2D eigenvalue weighted by molar-refractivity contribution is 0.102. The standard InChI is InChI=1S/C20H12ClFN4OS2/c21-15(10-17-24-16(11-28-17)12-4-2-1-3-5-12)19-25-26-20(29-19)18(27)23-14-8-6-13(22)7-9-14/h1-11H,(H,23,27)/b15-10+. The number of carbonyl (C=O) groups excluding carboxylic acids is 1. The quantitative estimate of drug-likeness (QED) is 0.424. The van der Waals surface area contributed by atoms with Crippen molar-refractivity contribution in [3.05, 3.63) is 80.8 Å². The molecule has 0 atom stereocenters. The van der Waals surface area contributed by atoms with Crippen LogP contribution in [0.1, 0.15) is 19.8 Å². The number of rotatable bonds is 5. The lowest BCUT2D eigenvalue weighted by Gasteiger charge is -2.01. The molecule has 5 nitrogen and oxygen atoms in total. The van der Waals surface area contributed by atoms with Gasteiger partial charge >= 0.3 is 0 Å². The maximum atomic E-state index is 13.0. The number of amides is 1. The van der Waals surface area contributed by atoms with E-state index in [1.807, 2.05) is 35.7 Å². The Balaban J connectivity index is 1.48. The van der Waals surface area contributed by atoms with Crippen LogP contribution in [0.25, 0.3) is 22.4 Å². The number of halogens is 2. The molecule has 1 amide bonds. The van der Waals surface area contributed by atoms with Crippen molar-refractivity contribution in [3.63, 3.8) is 0 Å². The molecule has 4 aromatic rings. The maximum Gasteiger partial charge on any atom is 0.286 e. The topological polar surface area (TPSA) is 67.8 Å². The molecule has 0 saturated carbocycles. The summed E-state index contributed by atoms with van der Waals surface area (Å²) in [6, 6.07) is 15.3. The molecule has 0 spiro atoms. The smallest absolute Gasteiger partial charge is 0.286 e. The van der Waals surface area contributed by atoms with Gasteiger partial charge in [0.2, 0.25) is 5.01 Å². The first-order valence-electron chi connectivity index (χ1n) is 8.37. The Kier molecular flexibility index (Phi) is 5.75. The zero-order valence-electron chi connectivity index (χ0n) is 14.7. The number of thiazole rings is 1. The summed E-state index contributed by atoms with van der Waals surface area (Å²) in [5, 5.41) is 14.1. The fraction of sp³-hybridized carbons (Fsp3) is 0. The van der Waals surface area contributed by atoms with Gasteiger partial charge < -0.3 is 5.32 Å². The van der Waals surface area contributed by atoms with Gasteiger partial charge in [-0.2, -0.15) is 0 Å². The second-order valence-electron chi connectivity index (χ2n) is 5.80. The molecule has 4 rings (SSSR count). The Labute approximate surface area is 178 Å². The Morgan fingerprint density at radius 3 is 2.52 bits per heavy atom. The third kappa shape index (κ3) is 4.73. The van der Waals surface area contributed by atoms with E-state index in [2.05, 4.69) is 20.5 Å². The van der Waals surface area contributed by atoms with E-state index < -0.39 is 5.91 Å². The Bertz CT molecular complexity index is 1170. The van der Waals surface area contributed by atoms with Crippen molar-refractivity contribution in [2.45, 2.75) is 0 Å². The Morgan fingerprint density at radius 2 is 1.76 bits per heavy atom. The molecule has 0 bridgehead atoms. The van der Waals surface area contributed by atoms with Crippen molar-refractivity contribution in [2.24, 2.45) is 0 Å². The van der Waals surface area contributed by atoms with Crippen LogP contribution in [-0.4, -0.2) is 21.1 Å². The van der Waals surface area contributed by atoms with Gasteiger partial charge in [0.1, 0.15) is 10.8 Å². The van der Waals surface area contributed by atoms with Crippen LogP contribution in [0.5, 0.6) is 0 Å². The van der Waals surface area contributed by atoms with Crippen molar-refractivity contribution in [2.75, 3.05) is 5.32 Å². The van der Waals surface area contributed by atoms with Crippen LogP contribution >= 0.6 is 34.3 Å². The molecule has 2 aromatic heterocycles. The zero-order chi connectivity index (χ0) is 20.2. The van der Waals surface area contributed by atoms with Crippen molar-refractivity contribution in [1.29, 1.82) is 0 Å². The summed E-state index contributed by atoms with van der Waals surface area (Å²) in [6.07, 6.45) is 1.70. The SMILES string of the molecule is O=C(Nc1ccc(F)cc1)c1nnc(/C(Cl)=C\c2nc(-c3ccccc3)cs2)s1. The third-order valence-corrected chi connectivity index (χ3v) is 5.91. The number of benzene rings is 2. The minimum atomic E-state index is -0.439. The molecular weight excluding hydrogens is 431 g/mol. The highest BCUT2D eigenvalue weighted by atomic mass is 35.5. The van der Waals surface area contributed by atoms with E-state index in [1.54, 1.807) is 6.08 Å². The average molecular weight is 443 g/mol. The van der Waals surface area contributed by atoms with Crippen LogP contribution in [0.2, 0.25) is 0 Å². The van der Waals surface area contributed by atoms with Crippen LogP contribution in [-0.2, 0) is 0 Å². The molecule has 0 aliphatic heterocycles. The van der Waals surface area contributed by atoms with Crippen molar-refractivity contribution in [3.8, 4) is 11.3 Å². The monoisotopic (exact) mass is 442 g/mol. The molecule has 0 aliphatic carbocycles. The first kappa shape index (κ1) is 19.4. The van der Waals surface area contributed by atoms with Gasteiger partial charge in [0.25, 0.3) is 5.91 Å². The Morgan fingerprint density at radius 1 is 1.03 bits per heavy atom. The van der Waals surface area contributed by atoms with Gasteiger partial charge in [-0.25, -0.2) is 9.37 Å². The highest BCUT2D eigenvalue weighted by Crippen LogP contribution is 2.28.